The maximum absolute atomic E-state index is 12.2. The molecule has 0 aliphatic carbocycles. The van der Waals surface area contributed by atoms with Crippen LogP contribution in [0.25, 0.3) is 11.0 Å². The summed E-state index contributed by atoms with van der Waals surface area (Å²) < 4.78 is 8.38. The molecular weight excluding hydrogens is 288 g/mol. The quantitative estimate of drug-likeness (QED) is 0.891. The van der Waals surface area contributed by atoms with E-state index in [1.54, 1.807) is 0 Å². The summed E-state index contributed by atoms with van der Waals surface area (Å²) in [5.41, 5.74) is 2.25. The molecule has 2 heterocycles. The molecule has 21 heavy (non-hydrogen) atoms. The standard InChI is InChI=1S/C14H18N4O2S/c19-9-10-3-2-6-18(7-10)8-13(20)15-11-4-1-5-12-14(11)17-21-16-12/h1,4-5,10,19H,2-3,6-9H2,(H,15,20). The van der Waals surface area contributed by atoms with E-state index in [0.717, 1.165) is 48.7 Å². The molecule has 0 radical (unpaired) electrons. The molecule has 1 saturated heterocycles. The summed E-state index contributed by atoms with van der Waals surface area (Å²) in [6, 6.07) is 5.58. The van der Waals surface area contributed by atoms with Crippen molar-refractivity contribution in [2.24, 2.45) is 5.92 Å². The second kappa shape index (κ2) is 6.46. The molecule has 1 aromatic carbocycles. The van der Waals surface area contributed by atoms with Crippen LogP contribution in [0.5, 0.6) is 0 Å². The first-order valence-electron chi connectivity index (χ1n) is 7.10. The first kappa shape index (κ1) is 14.4. The SMILES string of the molecule is O=C(CN1CCCC(CO)C1)Nc1cccc2nsnc12. The smallest absolute Gasteiger partial charge is 0.238 e. The highest BCUT2D eigenvalue weighted by atomic mass is 32.1. The molecule has 7 heteroatoms. The monoisotopic (exact) mass is 306 g/mol. The Morgan fingerprint density at radius 3 is 3.24 bits per heavy atom. The van der Waals surface area contributed by atoms with Crippen LogP contribution >= 0.6 is 11.7 Å². The average Bonchev–Trinajstić information content (AvgIpc) is 2.97. The molecule has 3 rings (SSSR count). The van der Waals surface area contributed by atoms with E-state index >= 15 is 0 Å². The van der Waals surface area contributed by atoms with E-state index in [1.165, 1.54) is 0 Å². The van der Waals surface area contributed by atoms with Crippen LogP contribution in [-0.4, -0.2) is 50.9 Å². The number of hydrogen-bond donors (Lipinski definition) is 2. The third kappa shape index (κ3) is 3.37. The van der Waals surface area contributed by atoms with Gasteiger partial charge in [-0.1, -0.05) is 6.07 Å². The number of aliphatic hydroxyl groups is 1. The number of piperidine rings is 1. The Morgan fingerprint density at radius 2 is 2.38 bits per heavy atom. The van der Waals surface area contributed by atoms with Gasteiger partial charge in [0.15, 0.2) is 0 Å². The zero-order valence-corrected chi connectivity index (χ0v) is 12.5. The molecule has 1 atom stereocenters. The number of carbonyl (C=O) groups is 1. The fourth-order valence-electron chi connectivity index (χ4n) is 2.74. The number of benzene rings is 1. The highest BCUT2D eigenvalue weighted by Gasteiger charge is 2.21. The number of aromatic nitrogens is 2. The Labute approximate surface area is 127 Å². The Bertz CT molecular complexity index is 630. The third-order valence-electron chi connectivity index (χ3n) is 3.79. The fourth-order valence-corrected chi connectivity index (χ4v) is 3.29. The van der Waals surface area contributed by atoms with Crippen LogP contribution in [-0.2, 0) is 4.79 Å². The molecular formula is C14H18N4O2S. The van der Waals surface area contributed by atoms with Gasteiger partial charge < -0.3 is 10.4 Å². The predicted molar refractivity (Wildman–Crippen MR) is 82.3 cm³/mol. The summed E-state index contributed by atoms with van der Waals surface area (Å²) in [7, 11) is 0. The molecule has 6 nitrogen and oxygen atoms in total. The molecule has 1 aliphatic heterocycles. The predicted octanol–water partition coefficient (Wildman–Crippen LogP) is 1.33. The van der Waals surface area contributed by atoms with Crippen LogP contribution in [0.15, 0.2) is 18.2 Å². The zero-order valence-electron chi connectivity index (χ0n) is 11.7. The Morgan fingerprint density at radius 1 is 1.48 bits per heavy atom. The lowest BCUT2D eigenvalue weighted by Gasteiger charge is -2.31. The minimum Gasteiger partial charge on any atom is -0.396 e. The molecule has 1 unspecified atom stereocenters. The first-order chi connectivity index (χ1) is 10.3. The van der Waals surface area contributed by atoms with E-state index in [0.29, 0.717) is 12.2 Å². The lowest BCUT2D eigenvalue weighted by atomic mass is 9.99. The number of aliphatic hydroxyl groups excluding tert-OH is 1. The van der Waals surface area contributed by atoms with Gasteiger partial charge >= 0.3 is 0 Å². The number of nitrogens with zero attached hydrogens (tertiary/aromatic N) is 3. The summed E-state index contributed by atoms with van der Waals surface area (Å²) in [5, 5.41) is 12.1. The van der Waals surface area contributed by atoms with Crippen molar-refractivity contribution in [3.05, 3.63) is 18.2 Å². The van der Waals surface area contributed by atoms with E-state index in [1.807, 2.05) is 18.2 Å². The topological polar surface area (TPSA) is 78.4 Å². The van der Waals surface area contributed by atoms with Crippen LogP contribution in [0.2, 0.25) is 0 Å². The number of nitrogens with one attached hydrogen (secondary N) is 1. The molecule has 0 bridgehead atoms. The summed E-state index contributed by atoms with van der Waals surface area (Å²) in [6.07, 6.45) is 2.07. The highest BCUT2D eigenvalue weighted by Crippen LogP contribution is 2.21. The van der Waals surface area contributed by atoms with Crippen molar-refractivity contribution in [2.45, 2.75) is 12.8 Å². The second-order valence-electron chi connectivity index (χ2n) is 5.41. The Balaban J connectivity index is 1.62. The Kier molecular flexibility index (Phi) is 4.42. The summed E-state index contributed by atoms with van der Waals surface area (Å²) >= 11 is 1.14. The van der Waals surface area contributed by atoms with Crippen LogP contribution in [0, 0.1) is 5.92 Å². The van der Waals surface area contributed by atoms with Crippen molar-refractivity contribution in [3.8, 4) is 0 Å². The normalized spacial score (nSPS) is 19.8. The van der Waals surface area contributed by atoms with E-state index in [4.69, 9.17) is 0 Å². The number of amides is 1. The molecule has 2 N–H and O–H groups in total. The van der Waals surface area contributed by atoms with Gasteiger partial charge in [0.05, 0.1) is 24.0 Å². The van der Waals surface area contributed by atoms with Gasteiger partial charge in [0.1, 0.15) is 11.0 Å². The van der Waals surface area contributed by atoms with Gasteiger partial charge in [-0.15, -0.1) is 0 Å². The van der Waals surface area contributed by atoms with E-state index in [-0.39, 0.29) is 18.4 Å². The third-order valence-corrected chi connectivity index (χ3v) is 4.33. The number of anilines is 1. The molecule has 0 saturated carbocycles. The van der Waals surface area contributed by atoms with Crippen LogP contribution < -0.4 is 5.32 Å². The molecule has 1 aromatic heterocycles. The van der Waals surface area contributed by atoms with E-state index in [9.17, 15) is 9.90 Å². The van der Waals surface area contributed by atoms with E-state index < -0.39 is 0 Å². The van der Waals surface area contributed by atoms with E-state index in [2.05, 4.69) is 19.0 Å². The van der Waals surface area contributed by atoms with Crippen molar-refractivity contribution in [2.75, 3.05) is 31.6 Å². The van der Waals surface area contributed by atoms with Crippen molar-refractivity contribution >= 4 is 34.4 Å². The summed E-state index contributed by atoms with van der Waals surface area (Å²) in [5.74, 6) is 0.242. The van der Waals surface area contributed by atoms with Gasteiger partial charge in [0.25, 0.3) is 0 Å². The van der Waals surface area contributed by atoms with Gasteiger partial charge in [0, 0.05) is 13.2 Å². The van der Waals surface area contributed by atoms with Gasteiger partial charge in [-0.3, -0.25) is 9.69 Å². The number of carbonyl (C=O) groups excluding carboxylic acids is 1. The van der Waals surface area contributed by atoms with Crippen LogP contribution in [0.4, 0.5) is 5.69 Å². The first-order valence-corrected chi connectivity index (χ1v) is 7.83. The molecule has 112 valence electrons. The maximum atomic E-state index is 12.2. The van der Waals surface area contributed by atoms with Crippen LogP contribution in [0.1, 0.15) is 12.8 Å². The molecule has 1 fully saturated rings. The lowest BCUT2D eigenvalue weighted by Crippen LogP contribution is -2.41. The fraction of sp³-hybridized carbons (Fsp3) is 0.500. The van der Waals surface area contributed by atoms with Gasteiger partial charge in [-0.05, 0) is 37.4 Å². The maximum Gasteiger partial charge on any atom is 0.238 e. The molecule has 1 amide bonds. The Hall–Kier alpha value is -1.57. The van der Waals surface area contributed by atoms with Crippen molar-refractivity contribution in [1.29, 1.82) is 0 Å². The average molecular weight is 306 g/mol. The number of likely N-dealkylation sites (tertiary alicyclic amines) is 1. The summed E-state index contributed by atoms with van der Waals surface area (Å²) in [4.78, 5) is 14.3. The van der Waals surface area contributed by atoms with Crippen molar-refractivity contribution < 1.29 is 9.90 Å². The zero-order chi connectivity index (χ0) is 14.7. The van der Waals surface area contributed by atoms with Gasteiger partial charge in [-0.2, -0.15) is 8.75 Å². The second-order valence-corrected chi connectivity index (χ2v) is 5.94. The summed E-state index contributed by atoms with van der Waals surface area (Å²) in [6.45, 7) is 2.24. The minimum atomic E-state index is -0.0471. The highest BCUT2D eigenvalue weighted by molar-refractivity contribution is 7.00. The minimum absolute atomic E-state index is 0.0471. The number of rotatable bonds is 4. The largest absolute Gasteiger partial charge is 0.396 e. The molecule has 1 aliphatic rings. The van der Waals surface area contributed by atoms with Crippen molar-refractivity contribution in [3.63, 3.8) is 0 Å². The van der Waals surface area contributed by atoms with Gasteiger partial charge in [0.2, 0.25) is 5.91 Å². The van der Waals surface area contributed by atoms with Crippen LogP contribution in [0.3, 0.4) is 0 Å². The number of hydrogen-bond acceptors (Lipinski definition) is 6. The molecule has 0 spiro atoms. The number of fused-ring (bicyclic) bond motifs is 1. The van der Waals surface area contributed by atoms with Crippen molar-refractivity contribution in [1.82, 2.24) is 13.6 Å². The molecule has 2 aromatic rings. The lowest BCUT2D eigenvalue weighted by molar-refractivity contribution is -0.117. The van der Waals surface area contributed by atoms with Gasteiger partial charge in [-0.25, -0.2) is 0 Å².